The summed E-state index contributed by atoms with van der Waals surface area (Å²) in [5.74, 6) is 0.915. The van der Waals surface area contributed by atoms with E-state index in [2.05, 4.69) is 65.0 Å². The van der Waals surface area contributed by atoms with Gasteiger partial charge in [0.1, 0.15) is 0 Å². The summed E-state index contributed by atoms with van der Waals surface area (Å²) in [6.45, 7) is 5.06. The van der Waals surface area contributed by atoms with Crippen molar-refractivity contribution in [2.24, 2.45) is 4.99 Å². The molecule has 0 saturated heterocycles. The Bertz CT molecular complexity index is 532. The Morgan fingerprint density at radius 3 is 2.79 bits per heavy atom. The first-order valence-corrected chi connectivity index (χ1v) is 10.2. The van der Waals surface area contributed by atoms with E-state index in [1.807, 2.05) is 18.8 Å². The van der Waals surface area contributed by atoms with E-state index in [0.29, 0.717) is 6.04 Å². The number of rotatable bonds is 7. The standard InChI is InChI=1S/C19H32N4S/c1-5-23(3)14-16-8-6-7-15(11-16)13-21-19(20-2)22-17-9-10-18(12-17)24-4/h6-8,11,17-18H,5,9-10,12-14H2,1-4H3,(H2,20,21,22). The third-order valence-corrected chi connectivity index (χ3v) is 5.82. The molecule has 4 nitrogen and oxygen atoms in total. The zero-order chi connectivity index (χ0) is 17.4. The Kier molecular flexibility index (Phi) is 7.92. The van der Waals surface area contributed by atoms with E-state index in [0.717, 1.165) is 30.8 Å². The lowest BCUT2D eigenvalue weighted by atomic mass is 10.1. The van der Waals surface area contributed by atoms with Gasteiger partial charge in [-0.25, -0.2) is 0 Å². The van der Waals surface area contributed by atoms with Crippen LogP contribution < -0.4 is 10.6 Å². The van der Waals surface area contributed by atoms with Crippen molar-refractivity contribution in [3.05, 3.63) is 35.4 Å². The number of hydrogen-bond donors (Lipinski definition) is 2. The van der Waals surface area contributed by atoms with Gasteiger partial charge < -0.3 is 15.5 Å². The fourth-order valence-electron chi connectivity index (χ4n) is 3.12. The first-order valence-electron chi connectivity index (χ1n) is 8.91. The molecule has 0 radical (unpaired) electrons. The van der Waals surface area contributed by atoms with Crippen molar-refractivity contribution in [2.75, 3.05) is 26.9 Å². The van der Waals surface area contributed by atoms with E-state index in [1.165, 1.54) is 30.4 Å². The highest BCUT2D eigenvalue weighted by molar-refractivity contribution is 7.99. The second-order valence-corrected chi connectivity index (χ2v) is 7.73. The van der Waals surface area contributed by atoms with E-state index < -0.39 is 0 Å². The van der Waals surface area contributed by atoms with Gasteiger partial charge in [-0.1, -0.05) is 31.2 Å². The maximum atomic E-state index is 4.38. The van der Waals surface area contributed by atoms with Crippen molar-refractivity contribution in [3.8, 4) is 0 Å². The molecule has 1 fully saturated rings. The normalized spacial score (nSPS) is 21.3. The van der Waals surface area contributed by atoms with Crippen LogP contribution in [-0.2, 0) is 13.1 Å². The van der Waals surface area contributed by atoms with Crippen molar-refractivity contribution < 1.29 is 0 Å². The summed E-state index contributed by atoms with van der Waals surface area (Å²) in [5, 5.41) is 7.83. The van der Waals surface area contributed by atoms with Crippen LogP contribution in [0.25, 0.3) is 0 Å². The molecule has 1 saturated carbocycles. The van der Waals surface area contributed by atoms with E-state index in [4.69, 9.17) is 0 Å². The van der Waals surface area contributed by atoms with Crippen molar-refractivity contribution in [3.63, 3.8) is 0 Å². The molecule has 24 heavy (non-hydrogen) atoms. The van der Waals surface area contributed by atoms with Crippen molar-refractivity contribution in [2.45, 2.75) is 50.6 Å². The molecular weight excluding hydrogens is 316 g/mol. The molecule has 1 aromatic rings. The van der Waals surface area contributed by atoms with E-state index in [-0.39, 0.29) is 0 Å². The minimum Gasteiger partial charge on any atom is -0.354 e. The van der Waals surface area contributed by atoms with Gasteiger partial charge in [-0.3, -0.25) is 4.99 Å². The predicted molar refractivity (Wildman–Crippen MR) is 107 cm³/mol. The number of nitrogens with zero attached hydrogens (tertiary/aromatic N) is 2. The Hall–Kier alpha value is -1.20. The Labute approximate surface area is 151 Å². The summed E-state index contributed by atoms with van der Waals surface area (Å²) >= 11 is 1.98. The van der Waals surface area contributed by atoms with Gasteiger partial charge in [-0.05, 0) is 50.2 Å². The number of aliphatic imine (C=N–C) groups is 1. The van der Waals surface area contributed by atoms with E-state index >= 15 is 0 Å². The molecule has 2 unspecified atom stereocenters. The zero-order valence-corrected chi connectivity index (χ0v) is 16.3. The van der Waals surface area contributed by atoms with Crippen LogP contribution in [-0.4, -0.2) is 49.0 Å². The molecule has 2 rings (SSSR count). The van der Waals surface area contributed by atoms with Gasteiger partial charge in [-0.2, -0.15) is 11.8 Å². The van der Waals surface area contributed by atoms with Crippen LogP contribution in [0.5, 0.6) is 0 Å². The minimum atomic E-state index is 0.554. The maximum Gasteiger partial charge on any atom is 0.191 e. The lowest BCUT2D eigenvalue weighted by Crippen LogP contribution is -2.42. The molecule has 1 aliphatic rings. The SMILES string of the molecule is CCN(C)Cc1cccc(CNC(=NC)NC2CCC(SC)C2)c1. The highest BCUT2D eigenvalue weighted by atomic mass is 32.2. The van der Waals surface area contributed by atoms with E-state index in [9.17, 15) is 0 Å². The molecule has 0 aromatic heterocycles. The van der Waals surface area contributed by atoms with Crippen LogP contribution >= 0.6 is 11.8 Å². The van der Waals surface area contributed by atoms with Gasteiger partial charge in [0.25, 0.3) is 0 Å². The number of guanidine groups is 1. The van der Waals surface area contributed by atoms with Gasteiger partial charge in [0.05, 0.1) is 0 Å². The second kappa shape index (κ2) is 9.94. The molecular formula is C19H32N4S. The number of hydrogen-bond acceptors (Lipinski definition) is 3. The third kappa shape index (κ3) is 6.02. The molecule has 0 spiro atoms. The molecule has 134 valence electrons. The molecule has 2 N–H and O–H groups in total. The lowest BCUT2D eigenvalue weighted by molar-refractivity contribution is 0.345. The summed E-state index contributed by atoms with van der Waals surface area (Å²) < 4.78 is 0. The molecule has 1 aromatic carbocycles. The molecule has 0 heterocycles. The first kappa shape index (κ1) is 19.1. The Morgan fingerprint density at radius 2 is 2.12 bits per heavy atom. The monoisotopic (exact) mass is 348 g/mol. The van der Waals surface area contributed by atoms with Gasteiger partial charge in [-0.15, -0.1) is 0 Å². The van der Waals surface area contributed by atoms with Crippen molar-refractivity contribution in [1.29, 1.82) is 0 Å². The molecule has 1 aliphatic carbocycles. The number of nitrogens with one attached hydrogen (secondary N) is 2. The topological polar surface area (TPSA) is 39.7 Å². The summed E-state index contributed by atoms with van der Waals surface area (Å²) in [6, 6.07) is 9.36. The Balaban J connectivity index is 1.83. The molecule has 0 bridgehead atoms. The number of thioether (sulfide) groups is 1. The summed E-state index contributed by atoms with van der Waals surface area (Å²) in [5.41, 5.74) is 2.66. The van der Waals surface area contributed by atoms with Crippen LogP contribution in [0, 0.1) is 0 Å². The fraction of sp³-hybridized carbons (Fsp3) is 0.632. The van der Waals surface area contributed by atoms with Gasteiger partial charge in [0.2, 0.25) is 0 Å². The quantitative estimate of drug-likeness (QED) is 0.587. The predicted octanol–water partition coefficient (Wildman–Crippen LogP) is 3.09. The smallest absolute Gasteiger partial charge is 0.191 e. The van der Waals surface area contributed by atoms with Gasteiger partial charge in [0.15, 0.2) is 5.96 Å². The number of benzene rings is 1. The van der Waals surface area contributed by atoms with Crippen LogP contribution in [0.15, 0.2) is 29.3 Å². The minimum absolute atomic E-state index is 0.554. The summed E-state index contributed by atoms with van der Waals surface area (Å²) in [4.78, 5) is 6.70. The van der Waals surface area contributed by atoms with Crippen molar-refractivity contribution in [1.82, 2.24) is 15.5 Å². The third-order valence-electron chi connectivity index (χ3n) is 4.73. The molecule has 2 atom stereocenters. The average molecular weight is 349 g/mol. The van der Waals surface area contributed by atoms with Gasteiger partial charge in [0, 0.05) is 31.4 Å². The van der Waals surface area contributed by atoms with Crippen LogP contribution in [0.2, 0.25) is 0 Å². The van der Waals surface area contributed by atoms with Crippen LogP contribution in [0.3, 0.4) is 0 Å². The maximum absolute atomic E-state index is 4.38. The highest BCUT2D eigenvalue weighted by Crippen LogP contribution is 2.28. The largest absolute Gasteiger partial charge is 0.354 e. The average Bonchev–Trinajstić information content (AvgIpc) is 3.06. The van der Waals surface area contributed by atoms with Crippen LogP contribution in [0.1, 0.15) is 37.3 Å². The van der Waals surface area contributed by atoms with Crippen LogP contribution in [0.4, 0.5) is 0 Å². The molecule has 0 amide bonds. The zero-order valence-electron chi connectivity index (χ0n) is 15.5. The Morgan fingerprint density at radius 1 is 1.33 bits per heavy atom. The van der Waals surface area contributed by atoms with Gasteiger partial charge >= 0.3 is 0 Å². The molecule has 0 aliphatic heterocycles. The molecule has 5 heteroatoms. The second-order valence-electron chi connectivity index (χ2n) is 6.59. The first-order chi connectivity index (χ1) is 11.6. The highest BCUT2D eigenvalue weighted by Gasteiger charge is 2.24. The summed E-state index contributed by atoms with van der Waals surface area (Å²) in [7, 11) is 4.00. The summed E-state index contributed by atoms with van der Waals surface area (Å²) in [6.07, 6.45) is 6.00. The lowest BCUT2D eigenvalue weighted by Gasteiger charge is -2.18. The van der Waals surface area contributed by atoms with E-state index in [1.54, 1.807) is 0 Å². The van der Waals surface area contributed by atoms with Crippen molar-refractivity contribution >= 4 is 17.7 Å². The fourth-order valence-corrected chi connectivity index (χ4v) is 3.92.